The summed E-state index contributed by atoms with van der Waals surface area (Å²) < 4.78 is 20.1. The van der Waals surface area contributed by atoms with Crippen LogP contribution >= 0.6 is 0 Å². The molecule has 0 unspecified atom stereocenters. The average molecular weight is 532 g/mol. The zero-order chi connectivity index (χ0) is 27.7. The fraction of sp³-hybridized carbons (Fsp3) is 0.189. The van der Waals surface area contributed by atoms with Crippen LogP contribution in [-0.4, -0.2) is 18.3 Å². The van der Waals surface area contributed by atoms with E-state index in [9.17, 15) is 0 Å². The van der Waals surface area contributed by atoms with Gasteiger partial charge in [-0.15, -0.1) is 0 Å². The van der Waals surface area contributed by atoms with Gasteiger partial charge >= 0.3 is 7.12 Å². The average Bonchev–Trinajstić information content (AvgIpc) is 3.66. The van der Waals surface area contributed by atoms with Crippen LogP contribution in [-0.2, 0) is 14.7 Å². The third kappa shape index (κ3) is 2.73. The Balaban J connectivity index is 1.40. The van der Waals surface area contributed by atoms with E-state index in [0.29, 0.717) is 0 Å². The molecule has 0 amide bonds. The van der Waals surface area contributed by atoms with Crippen molar-refractivity contribution in [2.24, 2.45) is 0 Å². The van der Waals surface area contributed by atoms with E-state index in [0.717, 1.165) is 27.4 Å². The van der Waals surface area contributed by atoms with Crippen LogP contribution in [0, 0.1) is 0 Å². The third-order valence-corrected chi connectivity index (χ3v) is 10.2. The van der Waals surface area contributed by atoms with Crippen molar-refractivity contribution in [1.29, 1.82) is 0 Å². The van der Waals surface area contributed by atoms with Gasteiger partial charge in [0, 0.05) is 21.8 Å². The molecule has 5 aromatic carbocycles. The third-order valence-electron chi connectivity index (χ3n) is 10.2. The lowest BCUT2D eigenvalue weighted by Crippen LogP contribution is -2.41. The van der Waals surface area contributed by atoms with Crippen molar-refractivity contribution in [2.45, 2.75) is 44.3 Å². The van der Waals surface area contributed by atoms with Crippen LogP contribution in [0.5, 0.6) is 0 Å². The predicted molar refractivity (Wildman–Crippen MR) is 166 cm³/mol. The highest BCUT2D eigenvalue weighted by Gasteiger charge is 2.54. The van der Waals surface area contributed by atoms with E-state index in [1.807, 2.05) is 0 Å². The Morgan fingerprint density at radius 2 is 1.00 bits per heavy atom. The molecule has 3 aliphatic rings. The summed E-state index contributed by atoms with van der Waals surface area (Å²) in [4.78, 5) is 0. The first-order chi connectivity index (χ1) is 19.8. The number of furan rings is 1. The summed E-state index contributed by atoms with van der Waals surface area (Å²) in [6.07, 6.45) is 0. The molecule has 2 heterocycles. The van der Waals surface area contributed by atoms with Crippen molar-refractivity contribution in [3.8, 4) is 22.3 Å². The number of benzene rings is 5. The van der Waals surface area contributed by atoms with Gasteiger partial charge in [0.05, 0.1) is 16.6 Å². The molecule has 41 heavy (non-hydrogen) atoms. The largest absolute Gasteiger partial charge is 0.498 e. The zero-order valence-corrected chi connectivity index (χ0v) is 23.6. The smallest absolute Gasteiger partial charge is 0.456 e. The lowest BCUT2D eigenvalue weighted by molar-refractivity contribution is 0.00578. The van der Waals surface area contributed by atoms with E-state index >= 15 is 0 Å². The Bertz CT molecular complexity index is 2000. The van der Waals surface area contributed by atoms with Gasteiger partial charge < -0.3 is 13.7 Å². The van der Waals surface area contributed by atoms with E-state index < -0.39 is 23.7 Å². The maximum absolute atomic E-state index is 7.06. The van der Waals surface area contributed by atoms with E-state index in [1.54, 1.807) is 0 Å². The first kappa shape index (κ1) is 23.6. The Morgan fingerprint density at radius 3 is 1.59 bits per heavy atom. The Kier molecular flexibility index (Phi) is 4.36. The molecule has 6 aromatic rings. The van der Waals surface area contributed by atoms with Crippen LogP contribution in [0.4, 0.5) is 0 Å². The number of hydrogen-bond donors (Lipinski definition) is 0. The summed E-state index contributed by atoms with van der Waals surface area (Å²) in [6.45, 7) is 8.37. The van der Waals surface area contributed by atoms with Crippen LogP contribution in [0.15, 0.2) is 108 Å². The summed E-state index contributed by atoms with van der Waals surface area (Å²) in [5, 5.41) is 2.20. The van der Waals surface area contributed by atoms with Crippen LogP contribution in [0.1, 0.15) is 49.9 Å². The lowest BCUT2D eigenvalue weighted by Gasteiger charge is -2.32. The van der Waals surface area contributed by atoms with E-state index in [-0.39, 0.29) is 0 Å². The van der Waals surface area contributed by atoms with Gasteiger partial charge in [-0.3, -0.25) is 0 Å². The van der Waals surface area contributed by atoms with Gasteiger partial charge in [0.25, 0.3) is 0 Å². The molecule has 0 saturated carbocycles. The first-order valence-corrected chi connectivity index (χ1v) is 14.5. The molecule has 2 aliphatic carbocycles. The predicted octanol–water partition coefficient (Wildman–Crippen LogP) is 8.23. The molecule has 9 rings (SSSR count). The summed E-state index contributed by atoms with van der Waals surface area (Å²) in [6, 6.07) is 37.5. The van der Waals surface area contributed by atoms with Gasteiger partial charge in [-0.2, -0.15) is 0 Å². The van der Waals surface area contributed by atoms with E-state index in [2.05, 4.69) is 131 Å². The molecule has 198 valence electrons. The quantitative estimate of drug-likeness (QED) is 0.200. The maximum atomic E-state index is 7.06. The van der Waals surface area contributed by atoms with Crippen molar-refractivity contribution in [2.75, 3.05) is 0 Å². The molecular formula is C37H29BO3. The van der Waals surface area contributed by atoms with Crippen molar-refractivity contribution >= 4 is 34.5 Å². The second-order valence-corrected chi connectivity index (χ2v) is 12.7. The highest BCUT2D eigenvalue weighted by Crippen LogP contribution is 2.64. The molecule has 1 fully saturated rings. The Morgan fingerprint density at radius 1 is 0.488 bits per heavy atom. The Hall–Kier alpha value is -4.12. The molecule has 0 bridgehead atoms. The van der Waals surface area contributed by atoms with Gasteiger partial charge in [-0.05, 0) is 72.7 Å². The Labute approximate surface area is 239 Å². The number of hydrogen-bond acceptors (Lipinski definition) is 3. The van der Waals surface area contributed by atoms with Gasteiger partial charge in [-0.25, -0.2) is 0 Å². The van der Waals surface area contributed by atoms with Crippen molar-refractivity contribution < 1.29 is 13.7 Å². The van der Waals surface area contributed by atoms with Gasteiger partial charge in [-0.1, -0.05) is 97.1 Å². The fourth-order valence-corrected chi connectivity index (χ4v) is 7.61. The van der Waals surface area contributed by atoms with E-state index in [4.69, 9.17) is 13.7 Å². The monoisotopic (exact) mass is 532 g/mol. The number of para-hydroxylation sites is 1. The van der Waals surface area contributed by atoms with Gasteiger partial charge in [0.15, 0.2) is 0 Å². The van der Waals surface area contributed by atoms with Crippen molar-refractivity contribution in [1.82, 2.24) is 0 Å². The topological polar surface area (TPSA) is 31.6 Å². The van der Waals surface area contributed by atoms with Crippen LogP contribution < -0.4 is 5.46 Å². The molecule has 4 heteroatoms. The van der Waals surface area contributed by atoms with E-state index in [1.165, 1.54) is 44.5 Å². The minimum atomic E-state index is -0.503. The normalized spacial score (nSPS) is 18.6. The molecule has 1 aliphatic heterocycles. The van der Waals surface area contributed by atoms with Gasteiger partial charge in [0.1, 0.15) is 11.2 Å². The molecule has 1 saturated heterocycles. The van der Waals surface area contributed by atoms with Crippen LogP contribution in [0.25, 0.3) is 44.2 Å². The standard InChI is InChI=1S/C37H29BO3/c1-35(2)36(3,4)41-38(40-35)31-19-11-15-26-27-21-20-25-24-14-7-10-18-30(24)37(32(25)34(27)39-33(26)31)28-16-8-5-12-22(28)23-13-6-9-17-29(23)37/h5-21H,1-4H3. The summed E-state index contributed by atoms with van der Waals surface area (Å²) in [5.41, 5.74) is 11.6. The second kappa shape index (κ2) is 7.58. The molecular weight excluding hydrogens is 503 g/mol. The van der Waals surface area contributed by atoms with Crippen LogP contribution in [0.3, 0.4) is 0 Å². The molecule has 1 aromatic heterocycles. The molecule has 0 N–H and O–H groups in total. The fourth-order valence-electron chi connectivity index (χ4n) is 7.61. The minimum absolute atomic E-state index is 0.434. The second-order valence-electron chi connectivity index (χ2n) is 12.7. The summed E-state index contributed by atoms with van der Waals surface area (Å²) in [5.74, 6) is 0. The molecule has 3 nitrogen and oxygen atoms in total. The number of fused-ring (bicyclic) bond motifs is 14. The molecule has 0 radical (unpaired) electrons. The number of rotatable bonds is 1. The molecule has 0 atom stereocenters. The van der Waals surface area contributed by atoms with Crippen molar-refractivity contribution in [3.05, 3.63) is 125 Å². The minimum Gasteiger partial charge on any atom is -0.456 e. The maximum Gasteiger partial charge on any atom is 0.498 e. The SMILES string of the molecule is CC1(C)OB(c2cccc3c2oc2c4c(ccc23)-c2ccccc2C42c3ccccc3-c3ccccc32)OC1(C)C. The molecule has 1 spiro atoms. The highest BCUT2D eigenvalue weighted by molar-refractivity contribution is 6.65. The van der Waals surface area contributed by atoms with Crippen LogP contribution in [0.2, 0.25) is 0 Å². The highest BCUT2D eigenvalue weighted by atomic mass is 16.7. The van der Waals surface area contributed by atoms with Gasteiger partial charge in [0.2, 0.25) is 0 Å². The summed E-state index contributed by atoms with van der Waals surface area (Å²) >= 11 is 0. The lowest BCUT2D eigenvalue weighted by atomic mass is 9.70. The van der Waals surface area contributed by atoms with Crippen molar-refractivity contribution in [3.63, 3.8) is 0 Å². The first-order valence-electron chi connectivity index (χ1n) is 14.5. The summed E-state index contributed by atoms with van der Waals surface area (Å²) in [7, 11) is -0.503. The zero-order valence-electron chi connectivity index (χ0n) is 23.6.